The first-order chi connectivity index (χ1) is 6.65. The predicted octanol–water partition coefficient (Wildman–Crippen LogP) is 4.43. The Morgan fingerprint density at radius 3 is 2.14 bits per heavy atom. The number of benzene rings is 1. The lowest BCUT2D eigenvalue weighted by Gasteiger charge is -2.06. The fraction of sp³-hybridized carbons (Fsp3) is 0.429. The molecule has 0 spiro atoms. The smallest absolute Gasteiger partial charge is 0.0201 e. The Morgan fingerprint density at radius 2 is 1.64 bits per heavy atom. The molecular formula is C14H20. The van der Waals surface area contributed by atoms with Crippen molar-refractivity contribution in [3.63, 3.8) is 0 Å². The molecule has 0 saturated carbocycles. The molecule has 0 radical (unpaired) electrons. The van der Waals surface area contributed by atoms with Gasteiger partial charge in [-0.3, -0.25) is 0 Å². The minimum absolute atomic E-state index is 1.17. The second-order valence-corrected chi connectivity index (χ2v) is 4.00. The van der Waals surface area contributed by atoms with E-state index in [0.717, 1.165) is 0 Å². The molecule has 0 bridgehead atoms. The van der Waals surface area contributed by atoms with Crippen molar-refractivity contribution < 1.29 is 0 Å². The summed E-state index contributed by atoms with van der Waals surface area (Å²) in [4.78, 5) is 0. The maximum atomic E-state index is 2.27. The van der Waals surface area contributed by atoms with Crippen molar-refractivity contribution in [2.45, 2.75) is 40.5 Å². The van der Waals surface area contributed by atoms with Crippen LogP contribution in [0.3, 0.4) is 0 Å². The number of allylic oxidation sites excluding steroid dienone is 1. The minimum atomic E-state index is 1.17. The number of unbranched alkanes of at least 4 members (excludes halogenated alkanes) is 1. The van der Waals surface area contributed by atoms with Crippen molar-refractivity contribution in [1.29, 1.82) is 0 Å². The highest BCUT2D eigenvalue weighted by atomic mass is 14.0. The Kier molecular flexibility index (Phi) is 3.94. The van der Waals surface area contributed by atoms with Crippen molar-refractivity contribution in [1.82, 2.24) is 0 Å². The Balaban J connectivity index is 2.96. The molecule has 0 aliphatic carbocycles. The highest BCUT2D eigenvalue weighted by Gasteiger charge is 1.99. The van der Waals surface area contributed by atoms with E-state index in [9.17, 15) is 0 Å². The van der Waals surface area contributed by atoms with Crippen molar-refractivity contribution in [3.05, 3.63) is 40.5 Å². The quantitative estimate of drug-likeness (QED) is 0.658. The van der Waals surface area contributed by atoms with Crippen LogP contribution in [0, 0.1) is 20.8 Å². The fourth-order valence-corrected chi connectivity index (χ4v) is 1.82. The summed E-state index contributed by atoms with van der Waals surface area (Å²) in [6.45, 7) is 8.73. The topological polar surface area (TPSA) is 0 Å². The predicted molar refractivity (Wildman–Crippen MR) is 64.6 cm³/mol. The van der Waals surface area contributed by atoms with Gasteiger partial charge in [0.2, 0.25) is 0 Å². The van der Waals surface area contributed by atoms with E-state index in [4.69, 9.17) is 0 Å². The van der Waals surface area contributed by atoms with E-state index in [-0.39, 0.29) is 0 Å². The first-order valence-corrected chi connectivity index (χ1v) is 5.39. The zero-order valence-corrected chi connectivity index (χ0v) is 9.72. The van der Waals surface area contributed by atoms with Gasteiger partial charge in [0.15, 0.2) is 0 Å². The zero-order chi connectivity index (χ0) is 10.6. The fourth-order valence-electron chi connectivity index (χ4n) is 1.82. The normalized spacial score (nSPS) is 11.1. The second kappa shape index (κ2) is 4.99. The molecule has 0 aromatic heterocycles. The first kappa shape index (κ1) is 11.0. The van der Waals surface area contributed by atoms with E-state index in [0.29, 0.717) is 0 Å². The standard InChI is InChI=1S/C14H20/c1-5-6-7-8-14-12(3)9-11(2)10-13(14)4/h7-10H,5-6H2,1-4H3. The van der Waals surface area contributed by atoms with Crippen LogP contribution >= 0.6 is 0 Å². The Labute approximate surface area is 87.7 Å². The van der Waals surface area contributed by atoms with Gasteiger partial charge in [0.1, 0.15) is 0 Å². The lowest BCUT2D eigenvalue weighted by atomic mass is 9.99. The van der Waals surface area contributed by atoms with Crippen molar-refractivity contribution in [2.24, 2.45) is 0 Å². The van der Waals surface area contributed by atoms with Gasteiger partial charge in [0.05, 0.1) is 0 Å². The molecule has 14 heavy (non-hydrogen) atoms. The average Bonchev–Trinajstić information content (AvgIpc) is 2.09. The molecule has 0 N–H and O–H groups in total. The molecule has 0 heteroatoms. The molecule has 0 aliphatic heterocycles. The van der Waals surface area contributed by atoms with E-state index in [2.05, 4.69) is 52.0 Å². The van der Waals surface area contributed by atoms with Crippen LogP contribution < -0.4 is 0 Å². The monoisotopic (exact) mass is 188 g/mol. The van der Waals surface area contributed by atoms with E-state index in [1.165, 1.54) is 35.1 Å². The molecule has 0 saturated heterocycles. The molecule has 76 valence electrons. The molecule has 0 nitrogen and oxygen atoms in total. The molecular weight excluding hydrogens is 168 g/mol. The highest BCUT2D eigenvalue weighted by molar-refractivity contribution is 5.58. The largest absolute Gasteiger partial charge is 0.0839 e. The third kappa shape index (κ3) is 2.73. The van der Waals surface area contributed by atoms with Gasteiger partial charge in [-0.2, -0.15) is 0 Å². The van der Waals surface area contributed by atoms with Crippen LogP contribution in [0.15, 0.2) is 18.2 Å². The molecule has 0 amide bonds. The molecule has 1 aromatic carbocycles. The van der Waals surface area contributed by atoms with E-state index in [1.807, 2.05) is 0 Å². The highest BCUT2D eigenvalue weighted by Crippen LogP contribution is 2.18. The molecule has 0 atom stereocenters. The summed E-state index contributed by atoms with van der Waals surface area (Å²) in [6, 6.07) is 4.50. The van der Waals surface area contributed by atoms with Crippen LogP contribution in [0.5, 0.6) is 0 Å². The average molecular weight is 188 g/mol. The summed E-state index contributed by atoms with van der Waals surface area (Å²) in [5.41, 5.74) is 5.52. The summed E-state index contributed by atoms with van der Waals surface area (Å²) in [7, 11) is 0. The summed E-state index contributed by atoms with van der Waals surface area (Å²) in [5.74, 6) is 0. The number of hydrogen-bond acceptors (Lipinski definition) is 0. The van der Waals surface area contributed by atoms with Crippen LogP contribution in [0.4, 0.5) is 0 Å². The van der Waals surface area contributed by atoms with Crippen LogP contribution in [0.1, 0.15) is 42.0 Å². The van der Waals surface area contributed by atoms with Crippen LogP contribution in [-0.4, -0.2) is 0 Å². The second-order valence-electron chi connectivity index (χ2n) is 4.00. The zero-order valence-electron chi connectivity index (χ0n) is 9.72. The van der Waals surface area contributed by atoms with Crippen LogP contribution in [-0.2, 0) is 0 Å². The molecule has 0 fully saturated rings. The minimum Gasteiger partial charge on any atom is -0.0839 e. The summed E-state index contributed by atoms with van der Waals surface area (Å²) >= 11 is 0. The Bertz CT molecular complexity index is 309. The molecule has 0 unspecified atom stereocenters. The lowest BCUT2D eigenvalue weighted by molar-refractivity contribution is 0.962. The maximum absolute atomic E-state index is 2.27. The van der Waals surface area contributed by atoms with Gasteiger partial charge in [-0.15, -0.1) is 0 Å². The number of aryl methyl sites for hydroxylation is 3. The van der Waals surface area contributed by atoms with Gasteiger partial charge < -0.3 is 0 Å². The van der Waals surface area contributed by atoms with Crippen LogP contribution in [0.2, 0.25) is 0 Å². The third-order valence-electron chi connectivity index (χ3n) is 2.48. The van der Waals surface area contributed by atoms with Gasteiger partial charge in [0, 0.05) is 0 Å². The van der Waals surface area contributed by atoms with Gasteiger partial charge in [-0.1, -0.05) is 43.2 Å². The third-order valence-corrected chi connectivity index (χ3v) is 2.48. The van der Waals surface area contributed by atoms with Gasteiger partial charge in [-0.05, 0) is 43.9 Å². The summed E-state index contributed by atoms with van der Waals surface area (Å²) in [5, 5.41) is 0. The summed E-state index contributed by atoms with van der Waals surface area (Å²) in [6.07, 6.45) is 6.92. The van der Waals surface area contributed by atoms with Gasteiger partial charge in [0.25, 0.3) is 0 Å². The van der Waals surface area contributed by atoms with E-state index >= 15 is 0 Å². The molecule has 1 aromatic rings. The number of rotatable bonds is 3. The van der Waals surface area contributed by atoms with Gasteiger partial charge in [-0.25, -0.2) is 0 Å². The molecule has 1 rings (SSSR count). The number of hydrogen-bond donors (Lipinski definition) is 0. The molecule has 0 aliphatic rings. The van der Waals surface area contributed by atoms with Crippen molar-refractivity contribution >= 4 is 6.08 Å². The maximum Gasteiger partial charge on any atom is -0.0201 e. The van der Waals surface area contributed by atoms with Crippen LogP contribution in [0.25, 0.3) is 6.08 Å². The van der Waals surface area contributed by atoms with E-state index < -0.39 is 0 Å². The molecule has 0 heterocycles. The van der Waals surface area contributed by atoms with Gasteiger partial charge >= 0.3 is 0 Å². The Hall–Kier alpha value is -1.04. The summed E-state index contributed by atoms with van der Waals surface area (Å²) < 4.78 is 0. The van der Waals surface area contributed by atoms with Crippen molar-refractivity contribution in [3.8, 4) is 0 Å². The SMILES string of the molecule is CCCC=Cc1c(C)cc(C)cc1C. The van der Waals surface area contributed by atoms with Crippen molar-refractivity contribution in [2.75, 3.05) is 0 Å². The Morgan fingerprint density at radius 1 is 1.07 bits per heavy atom. The van der Waals surface area contributed by atoms with E-state index in [1.54, 1.807) is 0 Å². The first-order valence-electron chi connectivity index (χ1n) is 5.39. The lowest BCUT2D eigenvalue weighted by Crippen LogP contribution is -1.88.